The van der Waals surface area contributed by atoms with Crippen molar-refractivity contribution in [2.24, 2.45) is 5.92 Å². The monoisotopic (exact) mass is 289 g/mol. The van der Waals surface area contributed by atoms with Gasteiger partial charge in [0, 0.05) is 13.0 Å². The molecule has 1 atom stereocenters. The second kappa shape index (κ2) is 6.92. The molecule has 0 heterocycles. The third-order valence-electron chi connectivity index (χ3n) is 3.55. The molecule has 5 heteroatoms. The third kappa shape index (κ3) is 4.08. The molecule has 2 rings (SSSR count). The fraction of sp³-hybridized carbons (Fsp3) is 0.375. The van der Waals surface area contributed by atoms with Crippen LogP contribution in [0.4, 0.5) is 0 Å². The number of benzene rings is 1. The molecule has 1 aliphatic rings. The molecule has 0 radical (unpaired) electrons. The molecule has 112 valence electrons. The SMILES string of the molecule is COc1cc(CNC(=O)CC2C=CCC2)ccc1C(=O)O. The lowest BCUT2D eigenvalue weighted by molar-refractivity contribution is -0.121. The molecule has 0 aromatic heterocycles. The van der Waals surface area contributed by atoms with Gasteiger partial charge in [0.05, 0.1) is 7.11 Å². The lowest BCUT2D eigenvalue weighted by Crippen LogP contribution is -2.24. The minimum absolute atomic E-state index is 0.00725. The minimum Gasteiger partial charge on any atom is -0.496 e. The van der Waals surface area contributed by atoms with Gasteiger partial charge >= 0.3 is 5.97 Å². The average molecular weight is 289 g/mol. The maximum atomic E-state index is 11.8. The summed E-state index contributed by atoms with van der Waals surface area (Å²) in [5, 5.41) is 11.9. The van der Waals surface area contributed by atoms with Crippen molar-refractivity contribution in [3.8, 4) is 5.75 Å². The maximum Gasteiger partial charge on any atom is 0.339 e. The molecule has 1 amide bonds. The highest BCUT2D eigenvalue weighted by atomic mass is 16.5. The first-order chi connectivity index (χ1) is 10.1. The number of hydrogen-bond acceptors (Lipinski definition) is 3. The smallest absolute Gasteiger partial charge is 0.339 e. The van der Waals surface area contributed by atoms with Gasteiger partial charge < -0.3 is 15.2 Å². The van der Waals surface area contributed by atoms with Crippen molar-refractivity contribution in [2.45, 2.75) is 25.8 Å². The van der Waals surface area contributed by atoms with Gasteiger partial charge in [0.15, 0.2) is 0 Å². The molecule has 0 saturated heterocycles. The largest absolute Gasteiger partial charge is 0.496 e. The average Bonchev–Trinajstić information content (AvgIpc) is 2.97. The van der Waals surface area contributed by atoms with E-state index in [2.05, 4.69) is 17.5 Å². The van der Waals surface area contributed by atoms with E-state index in [4.69, 9.17) is 9.84 Å². The van der Waals surface area contributed by atoms with Crippen molar-refractivity contribution < 1.29 is 19.4 Å². The van der Waals surface area contributed by atoms with Crippen LogP contribution in [-0.2, 0) is 11.3 Å². The Bertz CT molecular complexity index is 565. The summed E-state index contributed by atoms with van der Waals surface area (Å²) in [4.78, 5) is 22.8. The fourth-order valence-corrected chi connectivity index (χ4v) is 2.40. The van der Waals surface area contributed by atoms with Crippen LogP contribution in [0.2, 0.25) is 0 Å². The van der Waals surface area contributed by atoms with Crippen LogP contribution in [0.5, 0.6) is 5.75 Å². The van der Waals surface area contributed by atoms with E-state index in [1.807, 2.05) is 0 Å². The third-order valence-corrected chi connectivity index (χ3v) is 3.55. The normalized spacial score (nSPS) is 16.7. The zero-order valence-electron chi connectivity index (χ0n) is 12.0. The molecule has 1 aromatic carbocycles. The van der Waals surface area contributed by atoms with Crippen molar-refractivity contribution in [3.63, 3.8) is 0 Å². The van der Waals surface area contributed by atoms with Crippen LogP contribution in [0.15, 0.2) is 30.4 Å². The standard InChI is InChI=1S/C16H19NO4/c1-21-14-8-12(6-7-13(14)16(19)20)10-17-15(18)9-11-4-2-3-5-11/h2,4,6-8,11H,3,5,9-10H2,1H3,(H,17,18)(H,19,20). The Balaban J connectivity index is 1.92. The lowest BCUT2D eigenvalue weighted by Gasteiger charge is -2.10. The minimum atomic E-state index is -1.03. The summed E-state index contributed by atoms with van der Waals surface area (Å²) in [7, 11) is 1.43. The molecular weight excluding hydrogens is 270 g/mol. The second-order valence-corrected chi connectivity index (χ2v) is 5.09. The van der Waals surface area contributed by atoms with E-state index in [0.717, 1.165) is 18.4 Å². The quantitative estimate of drug-likeness (QED) is 0.788. The van der Waals surface area contributed by atoms with E-state index in [1.54, 1.807) is 12.1 Å². The van der Waals surface area contributed by atoms with Crippen molar-refractivity contribution >= 4 is 11.9 Å². The highest BCUT2D eigenvalue weighted by Gasteiger charge is 2.14. The fourth-order valence-electron chi connectivity index (χ4n) is 2.40. The van der Waals surface area contributed by atoms with Crippen LogP contribution in [0.3, 0.4) is 0 Å². The predicted molar refractivity (Wildman–Crippen MR) is 78.3 cm³/mol. The molecule has 0 fully saturated rings. The molecule has 1 aliphatic carbocycles. The Hall–Kier alpha value is -2.30. The summed E-state index contributed by atoms with van der Waals surface area (Å²) in [5.74, 6) is -0.384. The van der Waals surface area contributed by atoms with Gasteiger partial charge in [0.1, 0.15) is 11.3 Å². The molecule has 1 unspecified atom stereocenters. The van der Waals surface area contributed by atoms with Crippen LogP contribution in [0.1, 0.15) is 35.2 Å². The topological polar surface area (TPSA) is 75.6 Å². The van der Waals surface area contributed by atoms with Gasteiger partial charge in [-0.1, -0.05) is 18.2 Å². The molecule has 2 N–H and O–H groups in total. The molecule has 0 bridgehead atoms. The molecule has 0 aliphatic heterocycles. The van der Waals surface area contributed by atoms with Gasteiger partial charge in [-0.25, -0.2) is 4.79 Å². The van der Waals surface area contributed by atoms with Crippen molar-refractivity contribution in [1.82, 2.24) is 5.32 Å². The molecule has 5 nitrogen and oxygen atoms in total. The van der Waals surface area contributed by atoms with Gasteiger partial charge in [0.25, 0.3) is 0 Å². The number of aromatic carboxylic acids is 1. The predicted octanol–water partition coefficient (Wildman–Crippen LogP) is 2.37. The van der Waals surface area contributed by atoms with Gasteiger partial charge in [-0.3, -0.25) is 4.79 Å². The van der Waals surface area contributed by atoms with Crippen LogP contribution in [0.25, 0.3) is 0 Å². The van der Waals surface area contributed by atoms with E-state index in [9.17, 15) is 9.59 Å². The van der Waals surface area contributed by atoms with Gasteiger partial charge in [-0.05, 0) is 36.5 Å². The summed E-state index contributed by atoms with van der Waals surface area (Å²) >= 11 is 0. The molecule has 0 spiro atoms. The highest BCUT2D eigenvalue weighted by molar-refractivity contribution is 5.91. The Morgan fingerprint density at radius 3 is 2.86 bits per heavy atom. The Morgan fingerprint density at radius 1 is 1.43 bits per heavy atom. The number of carboxylic acid groups (broad SMARTS) is 1. The number of amides is 1. The van der Waals surface area contributed by atoms with Crippen LogP contribution < -0.4 is 10.1 Å². The van der Waals surface area contributed by atoms with Crippen LogP contribution in [-0.4, -0.2) is 24.1 Å². The van der Waals surface area contributed by atoms with Crippen molar-refractivity contribution in [1.29, 1.82) is 0 Å². The summed E-state index contributed by atoms with van der Waals surface area (Å²) in [6, 6.07) is 4.81. The molecular formula is C16H19NO4. The maximum absolute atomic E-state index is 11.8. The number of hydrogen-bond donors (Lipinski definition) is 2. The highest BCUT2D eigenvalue weighted by Crippen LogP contribution is 2.21. The second-order valence-electron chi connectivity index (χ2n) is 5.09. The van der Waals surface area contributed by atoms with E-state index < -0.39 is 5.97 Å². The number of methoxy groups -OCH3 is 1. The van der Waals surface area contributed by atoms with Crippen LogP contribution in [0, 0.1) is 5.92 Å². The molecule has 21 heavy (non-hydrogen) atoms. The number of nitrogens with one attached hydrogen (secondary N) is 1. The first-order valence-electron chi connectivity index (χ1n) is 6.93. The van der Waals surface area contributed by atoms with Crippen molar-refractivity contribution in [2.75, 3.05) is 7.11 Å². The number of rotatable bonds is 6. The number of carbonyl (C=O) groups excluding carboxylic acids is 1. The Kier molecular flexibility index (Phi) is 4.98. The number of carbonyl (C=O) groups is 2. The van der Waals surface area contributed by atoms with Gasteiger partial charge in [-0.2, -0.15) is 0 Å². The van der Waals surface area contributed by atoms with E-state index in [0.29, 0.717) is 24.6 Å². The summed E-state index contributed by atoms with van der Waals surface area (Å²) < 4.78 is 5.06. The zero-order chi connectivity index (χ0) is 15.2. The Labute approximate surface area is 123 Å². The summed E-state index contributed by atoms with van der Waals surface area (Å²) in [6.07, 6.45) is 6.78. The number of allylic oxidation sites excluding steroid dienone is 2. The first kappa shape index (κ1) is 15.1. The molecule has 1 aromatic rings. The van der Waals surface area contributed by atoms with E-state index in [1.165, 1.54) is 13.2 Å². The number of ether oxygens (including phenoxy) is 1. The van der Waals surface area contributed by atoms with Crippen LogP contribution >= 0.6 is 0 Å². The van der Waals surface area contributed by atoms with E-state index in [-0.39, 0.29) is 11.5 Å². The van der Waals surface area contributed by atoms with Gasteiger partial charge in [0.2, 0.25) is 5.91 Å². The zero-order valence-corrected chi connectivity index (χ0v) is 12.0. The number of carboxylic acids is 1. The summed E-state index contributed by atoms with van der Waals surface area (Å²) in [6.45, 7) is 0.367. The lowest BCUT2D eigenvalue weighted by atomic mass is 10.0. The van der Waals surface area contributed by atoms with E-state index >= 15 is 0 Å². The summed E-state index contributed by atoms with van der Waals surface area (Å²) in [5.41, 5.74) is 0.927. The van der Waals surface area contributed by atoms with Gasteiger partial charge in [-0.15, -0.1) is 0 Å². The Morgan fingerprint density at radius 2 is 2.24 bits per heavy atom. The first-order valence-corrected chi connectivity index (χ1v) is 6.93. The van der Waals surface area contributed by atoms with Crippen molar-refractivity contribution in [3.05, 3.63) is 41.5 Å². The molecule has 0 saturated carbocycles.